The first-order valence-corrected chi connectivity index (χ1v) is 7.73. The normalized spacial score (nSPS) is 26.3. The second kappa shape index (κ2) is 6.75. The summed E-state index contributed by atoms with van der Waals surface area (Å²) in [5, 5.41) is 0. The first-order valence-electron chi connectivity index (χ1n) is 7.73. The standard InChI is InChI=1S/C15H30N2/c1-17(14-10-6-3-7-11-14)12-15(16)13-8-4-2-5-9-13/h13-15H,2-12,16H2,1H3. The lowest BCUT2D eigenvalue weighted by atomic mass is 9.83. The molecule has 2 saturated carbocycles. The lowest BCUT2D eigenvalue weighted by Gasteiger charge is -2.36. The second-order valence-corrected chi connectivity index (χ2v) is 6.29. The SMILES string of the molecule is CN(CC(N)C1CCCCC1)C1CCCCC1. The van der Waals surface area contributed by atoms with Gasteiger partial charge in [0.2, 0.25) is 0 Å². The van der Waals surface area contributed by atoms with E-state index >= 15 is 0 Å². The van der Waals surface area contributed by atoms with Crippen LogP contribution in [-0.4, -0.2) is 30.6 Å². The highest BCUT2D eigenvalue weighted by molar-refractivity contribution is 4.82. The van der Waals surface area contributed by atoms with Crippen LogP contribution in [0, 0.1) is 5.92 Å². The molecule has 0 aliphatic heterocycles. The quantitative estimate of drug-likeness (QED) is 0.815. The molecule has 0 aromatic heterocycles. The van der Waals surface area contributed by atoms with Crippen molar-refractivity contribution >= 4 is 0 Å². The predicted molar refractivity (Wildman–Crippen MR) is 74.1 cm³/mol. The molecular weight excluding hydrogens is 208 g/mol. The molecule has 17 heavy (non-hydrogen) atoms. The van der Waals surface area contributed by atoms with Crippen molar-refractivity contribution in [1.29, 1.82) is 0 Å². The summed E-state index contributed by atoms with van der Waals surface area (Å²) in [6, 6.07) is 1.24. The van der Waals surface area contributed by atoms with Crippen molar-refractivity contribution in [3.05, 3.63) is 0 Å². The van der Waals surface area contributed by atoms with E-state index < -0.39 is 0 Å². The van der Waals surface area contributed by atoms with Crippen LogP contribution in [0.4, 0.5) is 0 Å². The highest BCUT2D eigenvalue weighted by atomic mass is 15.1. The second-order valence-electron chi connectivity index (χ2n) is 6.29. The van der Waals surface area contributed by atoms with Gasteiger partial charge in [-0.15, -0.1) is 0 Å². The molecule has 2 aliphatic rings. The molecule has 0 heterocycles. The minimum absolute atomic E-state index is 0.419. The van der Waals surface area contributed by atoms with E-state index in [0.717, 1.165) is 18.5 Å². The van der Waals surface area contributed by atoms with E-state index in [9.17, 15) is 0 Å². The van der Waals surface area contributed by atoms with Crippen LogP contribution in [0.2, 0.25) is 0 Å². The molecule has 2 rings (SSSR count). The molecule has 0 aromatic carbocycles. The first-order chi connectivity index (χ1) is 8.27. The van der Waals surface area contributed by atoms with Gasteiger partial charge in [-0.1, -0.05) is 38.5 Å². The van der Waals surface area contributed by atoms with E-state index in [-0.39, 0.29) is 0 Å². The fourth-order valence-corrected chi connectivity index (χ4v) is 3.71. The van der Waals surface area contributed by atoms with Crippen LogP contribution in [0.15, 0.2) is 0 Å². The third kappa shape index (κ3) is 3.96. The average molecular weight is 238 g/mol. The van der Waals surface area contributed by atoms with Crippen LogP contribution in [0.5, 0.6) is 0 Å². The Morgan fingerprint density at radius 3 is 2.06 bits per heavy atom. The van der Waals surface area contributed by atoms with Gasteiger partial charge in [-0.25, -0.2) is 0 Å². The van der Waals surface area contributed by atoms with Gasteiger partial charge in [0.15, 0.2) is 0 Å². The fraction of sp³-hybridized carbons (Fsp3) is 1.00. The van der Waals surface area contributed by atoms with Crippen LogP contribution in [0.1, 0.15) is 64.2 Å². The number of nitrogens with zero attached hydrogens (tertiary/aromatic N) is 1. The van der Waals surface area contributed by atoms with Crippen LogP contribution in [0.25, 0.3) is 0 Å². The number of nitrogens with two attached hydrogens (primary N) is 1. The summed E-state index contributed by atoms with van der Waals surface area (Å²) in [6.45, 7) is 1.12. The van der Waals surface area contributed by atoms with Gasteiger partial charge >= 0.3 is 0 Å². The van der Waals surface area contributed by atoms with E-state index in [1.54, 1.807) is 0 Å². The maximum Gasteiger partial charge on any atom is 0.0196 e. The van der Waals surface area contributed by atoms with Gasteiger partial charge in [-0.3, -0.25) is 0 Å². The molecule has 100 valence electrons. The Morgan fingerprint density at radius 1 is 0.941 bits per heavy atom. The van der Waals surface area contributed by atoms with Crippen molar-refractivity contribution < 1.29 is 0 Å². The zero-order chi connectivity index (χ0) is 12.1. The van der Waals surface area contributed by atoms with Crippen LogP contribution >= 0.6 is 0 Å². The minimum Gasteiger partial charge on any atom is -0.326 e. The minimum atomic E-state index is 0.419. The van der Waals surface area contributed by atoms with E-state index in [1.165, 1.54) is 64.2 Å². The number of rotatable bonds is 4. The lowest BCUT2D eigenvalue weighted by Crippen LogP contribution is -2.45. The fourth-order valence-electron chi connectivity index (χ4n) is 3.71. The Kier molecular flexibility index (Phi) is 5.30. The monoisotopic (exact) mass is 238 g/mol. The van der Waals surface area contributed by atoms with E-state index in [4.69, 9.17) is 5.73 Å². The molecule has 0 saturated heterocycles. The highest BCUT2D eigenvalue weighted by Crippen LogP contribution is 2.27. The molecule has 0 bridgehead atoms. The van der Waals surface area contributed by atoms with E-state index in [2.05, 4.69) is 11.9 Å². The molecule has 2 aliphatic carbocycles. The van der Waals surface area contributed by atoms with Gasteiger partial charge in [-0.2, -0.15) is 0 Å². The summed E-state index contributed by atoms with van der Waals surface area (Å²) in [5.41, 5.74) is 6.41. The Morgan fingerprint density at radius 2 is 1.47 bits per heavy atom. The maximum atomic E-state index is 6.41. The van der Waals surface area contributed by atoms with Gasteiger partial charge in [0, 0.05) is 18.6 Å². The zero-order valence-electron chi connectivity index (χ0n) is 11.5. The van der Waals surface area contributed by atoms with Gasteiger partial charge in [-0.05, 0) is 38.6 Å². The van der Waals surface area contributed by atoms with Gasteiger partial charge in [0.1, 0.15) is 0 Å². The third-order valence-corrected chi connectivity index (χ3v) is 4.95. The number of hydrogen-bond acceptors (Lipinski definition) is 2. The molecule has 0 aromatic rings. The smallest absolute Gasteiger partial charge is 0.0196 e. The van der Waals surface area contributed by atoms with Gasteiger partial charge < -0.3 is 10.6 Å². The van der Waals surface area contributed by atoms with Gasteiger partial charge in [0.05, 0.1) is 0 Å². The average Bonchev–Trinajstić information content (AvgIpc) is 2.40. The van der Waals surface area contributed by atoms with Crippen molar-refractivity contribution in [2.24, 2.45) is 11.7 Å². The molecule has 2 fully saturated rings. The number of likely N-dealkylation sites (N-methyl/N-ethyl adjacent to an activating group) is 1. The van der Waals surface area contributed by atoms with Crippen LogP contribution < -0.4 is 5.73 Å². The van der Waals surface area contributed by atoms with Crippen molar-refractivity contribution in [2.45, 2.75) is 76.3 Å². The number of hydrogen-bond donors (Lipinski definition) is 1. The molecule has 2 nitrogen and oxygen atoms in total. The zero-order valence-corrected chi connectivity index (χ0v) is 11.5. The van der Waals surface area contributed by atoms with Crippen molar-refractivity contribution in [3.63, 3.8) is 0 Å². The molecule has 0 radical (unpaired) electrons. The lowest BCUT2D eigenvalue weighted by molar-refractivity contribution is 0.158. The third-order valence-electron chi connectivity index (χ3n) is 4.95. The summed E-state index contributed by atoms with van der Waals surface area (Å²) in [7, 11) is 2.29. The summed E-state index contributed by atoms with van der Waals surface area (Å²) in [4.78, 5) is 2.55. The van der Waals surface area contributed by atoms with Crippen molar-refractivity contribution in [2.75, 3.05) is 13.6 Å². The summed E-state index contributed by atoms with van der Waals surface area (Å²) in [6.07, 6.45) is 14.1. The van der Waals surface area contributed by atoms with Crippen LogP contribution in [-0.2, 0) is 0 Å². The molecular formula is C15H30N2. The Hall–Kier alpha value is -0.0800. The van der Waals surface area contributed by atoms with Crippen molar-refractivity contribution in [1.82, 2.24) is 4.90 Å². The largest absolute Gasteiger partial charge is 0.326 e. The summed E-state index contributed by atoms with van der Waals surface area (Å²) in [5.74, 6) is 0.801. The molecule has 2 heteroatoms. The first kappa shape index (κ1) is 13.4. The Bertz CT molecular complexity index is 183. The Balaban J connectivity index is 1.74. The summed E-state index contributed by atoms with van der Waals surface area (Å²) < 4.78 is 0. The maximum absolute atomic E-state index is 6.41. The highest BCUT2D eigenvalue weighted by Gasteiger charge is 2.24. The molecule has 0 amide bonds. The van der Waals surface area contributed by atoms with E-state index in [0.29, 0.717) is 6.04 Å². The predicted octanol–water partition coefficient (Wildman–Crippen LogP) is 3.16. The molecule has 1 atom stereocenters. The summed E-state index contributed by atoms with van der Waals surface area (Å²) >= 11 is 0. The van der Waals surface area contributed by atoms with Gasteiger partial charge in [0.25, 0.3) is 0 Å². The van der Waals surface area contributed by atoms with E-state index in [1.807, 2.05) is 0 Å². The molecule has 1 unspecified atom stereocenters. The van der Waals surface area contributed by atoms with Crippen molar-refractivity contribution in [3.8, 4) is 0 Å². The van der Waals surface area contributed by atoms with Crippen LogP contribution in [0.3, 0.4) is 0 Å². The molecule has 2 N–H and O–H groups in total. The Labute approximate surface area is 107 Å². The molecule has 0 spiro atoms. The topological polar surface area (TPSA) is 29.3 Å².